The quantitative estimate of drug-likeness (QED) is 0.492. The lowest BCUT2D eigenvalue weighted by molar-refractivity contribution is -0.150. The van der Waals surface area contributed by atoms with Crippen LogP contribution in [-0.2, 0) is 9.53 Å². The van der Waals surface area contributed by atoms with Crippen LogP contribution < -0.4 is 10.5 Å². The Hall–Kier alpha value is -2.82. The van der Waals surface area contributed by atoms with Crippen LogP contribution in [0.4, 0.5) is 5.69 Å². The maximum absolute atomic E-state index is 12.4. The third-order valence-corrected chi connectivity index (χ3v) is 4.11. The summed E-state index contributed by atoms with van der Waals surface area (Å²) < 4.78 is 9.98. The molecule has 0 bridgehead atoms. The molecule has 25 heavy (non-hydrogen) atoms. The normalized spacial score (nSPS) is 11.0. The molecule has 0 aromatic heterocycles. The van der Waals surface area contributed by atoms with Crippen molar-refractivity contribution in [3.8, 4) is 16.9 Å². The van der Waals surface area contributed by atoms with Gasteiger partial charge in [0, 0.05) is 12.0 Å². The smallest absolute Gasteiger partial charge is 0.311 e. The molecule has 0 saturated heterocycles. The maximum atomic E-state index is 12.4. The van der Waals surface area contributed by atoms with Crippen LogP contribution in [0.15, 0.2) is 42.5 Å². The fourth-order valence-corrected chi connectivity index (χ4v) is 2.59. The first-order chi connectivity index (χ1) is 11.8. The molecule has 0 unspecified atom stereocenters. The summed E-state index contributed by atoms with van der Waals surface area (Å²) in [6, 6.07) is 12.8. The van der Waals surface area contributed by atoms with Gasteiger partial charge < -0.3 is 15.2 Å². The zero-order valence-corrected chi connectivity index (χ0v) is 15.0. The lowest BCUT2D eigenvalue weighted by Gasteiger charge is -2.20. The van der Waals surface area contributed by atoms with Gasteiger partial charge in [0.1, 0.15) is 5.75 Å². The largest absolute Gasteiger partial charge is 0.495 e. The number of methoxy groups -OCH3 is 2. The first-order valence-corrected chi connectivity index (χ1v) is 7.94. The summed E-state index contributed by atoms with van der Waals surface area (Å²) in [5.41, 5.74) is 8.00. The predicted molar refractivity (Wildman–Crippen MR) is 97.6 cm³/mol. The van der Waals surface area contributed by atoms with Gasteiger partial charge in [0.05, 0.1) is 25.3 Å². The standard InChI is InChI=1S/C20H23NO4/c1-20(2,19(23)25-4)12-17(22)14-7-5-13(6-8-14)15-9-10-16(21)18(11-15)24-3/h5-11H,12,21H2,1-4H3. The number of carbonyl (C=O) groups excluding carboxylic acids is 2. The fraction of sp³-hybridized carbons (Fsp3) is 0.300. The Morgan fingerprint density at radius 2 is 1.60 bits per heavy atom. The molecule has 0 aliphatic carbocycles. The van der Waals surface area contributed by atoms with Gasteiger partial charge >= 0.3 is 5.97 Å². The van der Waals surface area contributed by atoms with E-state index in [0.717, 1.165) is 11.1 Å². The number of esters is 1. The number of ketones is 1. The second kappa shape index (κ2) is 7.38. The lowest BCUT2D eigenvalue weighted by Crippen LogP contribution is -2.28. The van der Waals surface area contributed by atoms with Gasteiger partial charge in [-0.1, -0.05) is 30.3 Å². The molecule has 2 aromatic carbocycles. The van der Waals surface area contributed by atoms with E-state index in [1.54, 1.807) is 39.2 Å². The molecule has 2 rings (SSSR count). The van der Waals surface area contributed by atoms with Crippen LogP contribution in [0.2, 0.25) is 0 Å². The summed E-state index contributed by atoms with van der Waals surface area (Å²) in [4.78, 5) is 24.2. The highest BCUT2D eigenvalue weighted by atomic mass is 16.5. The molecular formula is C20H23NO4. The van der Waals surface area contributed by atoms with E-state index in [1.807, 2.05) is 24.3 Å². The molecule has 2 N–H and O–H groups in total. The average molecular weight is 341 g/mol. The number of carbonyl (C=O) groups is 2. The molecule has 0 saturated carbocycles. The minimum atomic E-state index is -0.852. The topological polar surface area (TPSA) is 78.6 Å². The van der Waals surface area contributed by atoms with E-state index >= 15 is 0 Å². The summed E-state index contributed by atoms with van der Waals surface area (Å²) in [5.74, 6) is 0.112. The predicted octanol–water partition coefficient (Wildman–Crippen LogP) is 3.72. The number of hydrogen-bond donors (Lipinski definition) is 1. The Kier molecular flexibility index (Phi) is 5.47. The highest BCUT2D eigenvalue weighted by molar-refractivity contribution is 5.99. The number of nitrogen functional groups attached to an aromatic ring is 1. The van der Waals surface area contributed by atoms with Crippen LogP contribution in [0.5, 0.6) is 5.75 Å². The minimum Gasteiger partial charge on any atom is -0.495 e. The van der Waals surface area contributed by atoms with E-state index in [4.69, 9.17) is 15.2 Å². The molecule has 0 fully saturated rings. The van der Waals surface area contributed by atoms with Gasteiger partial charge in [-0.15, -0.1) is 0 Å². The Labute approximate surface area is 147 Å². The number of rotatable bonds is 6. The zero-order valence-electron chi connectivity index (χ0n) is 15.0. The lowest BCUT2D eigenvalue weighted by atomic mass is 9.85. The van der Waals surface area contributed by atoms with Crippen LogP contribution in [0.25, 0.3) is 11.1 Å². The molecule has 5 nitrogen and oxygen atoms in total. The van der Waals surface area contributed by atoms with E-state index in [-0.39, 0.29) is 12.2 Å². The highest BCUT2D eigenvalue weighted by Gasteiger charge is 2.31. The molecular weight excluding hydrogens is 318 g/mol. The summed E-state index contributed by atoms with van der Waals surface area (Å²) in [7, 11) is 2.89. The molecule has 2 aromatic rings. The van der Waals surface area contributed by atoms with Crippen LogP contribution in [0.3, 0.4) is 0 Å². The van der Waals surface area contributed by atoms with Gasteiger partial charge in [-0.25, -0.2) is 0 Å². The maximum Gasteiger partial charge on any atom is 0.311 e. The second-order valence-electron chi connectivity index (χ2n) is 6.51. The van der Waals surface area contributed by atoms with E-state index in [1.165, 1.54) is 7.11 Å². The van der Waals surface area contributed by atoms with Gasteiger partial charge in [-0.3, -0.25) is 9.59 Å². The second-order valence-corrected chi connectivity index (χ2v) is 6.51. The van der Waals surface area contributed by atoms with Crippen LogP contribution >= 0.6 is 0 Å². The van der Waals surface area contributed by atoms with Crippen molar-refractivity contribution in [1.29, 1.82) is 0 Å². The number of Topliss-reactive ketones (excluding diaryl/α,β-unsaturated/α-hetero) is 1. The summed E-state index contributed by atoms with van der Waals surface area (Å²) >= 11 is 0. The van der Waals surface area contributed by atoms with Crippen molar-refractivity contribution in [2.75, 3.05) is 20.0 Å². The number of anilines is 1. The van der Waals surface area contributed by atoms with Crippen molar-refractivity contribution < 1.29 is 19.1 Å². The SMILES string of the molecule is COC(=O)C(C)(C)CC(=O)c1ccc(-c2ccc(N)c(OC)c2)cc1. The molecule has 0 heterocycles. The van der Waals surface area contributed by atoms with E-state index in [0.29, 0.717) is 17.0 Å². The van der Waals surface area contributed by atoms with Gasteiger partial charge in [-0.2, -0.15) is 0 Å². The van der Waals surface area contributed by atoms with Crippen LogP contribution in [-0.4, -0.2) is 26.0 Å². The molecule has 0 spiro atoms. The van der Waals surface area contributed by atoms with Crippen molar-refractivity contribution in [2.24, 2.45) is 5.41 Å². The Morgan fingerprint density at radius 3 is 2.16 bits per heavy atom. The van der Waals surface area contributed by atoms with Crippen LogP contribution in [0, 0.1) is 5.41 Å². The van der Waals surface area contributed by atoms with E-state index in [2.05, 4.69) is 0 Å². The Bertz CT molecular complexity index is 779. The van der Waals surface area contributed by atoms with Gasteiger partial charge in [0.2, 0.25) is 0 Å². The van der Waals surface area contributed by atoms with Crippen molar-refractivity contribution in [2.45, 2.75) is 20.3 Å². The summed E-state index contributed by atoms with van der Waals surface area (Å²) in [6.45, 7) is 3.40. The number of nitrogens with two attached hydrogens (primary N) is 1. The van der Waals surface area contributed by atoms with Crippen molar-refractivity contribution in [1.82, 2.24) is 0 Å². The molecule has 0 amide bonds. The third-order valence-electron chi connectivity index (χ3n) is 4.11. The Morgan fingerprint density at radius 1 is 1.00 bits per heavy atom. The van der Waals surface area contributed by atoms with Gasteiger partial charge in [0.15, 0.2) is 5.78 Å². The van der Waals surface area contributed by atoms with Crippen molar-refractivity contribution >= 4 is 17.4 Å². The highest BCUT2D eigenvalue weighted by Crippen LogP contribution is 2.30. The van der Waals surface area contributed by atoms with E-state index in [9.17, 15) is 9.59 Å². The molecule has 0 aliphatic heterocycles. The minimum absolute atomic E-state index is 0.0920. The summed E-state index contributed by atoms with van der Waals surface area (Å²) in [6.07, 6.45) is 0.0920. The van der Waals surface area contributed by atoms with Gasteiger partial charge in [-0.05, 0) is 37.1 Å². The first-order valence-electron chi connectivity index (χ1n) is 7.94. The van der Waals surface area contributed by atoms with Crippen molar-refractivity contribution in [3.63, 3.8) is 0 Å². The fourth-order valence-electron chi connectivity index (χ4n) is 2.59. The average Bonchev–Trinajstić information content (AvgIpc) is 2.61. The third kappa shape index (κ3) is 4.18. The molecule has 132 valence electrons. The first kappa shape index (κ1) is 18.5. The number of ether oxygens (including phenoxy) is 2. The monoisotopic (exact) mass is 341 g/mol. The molecule has 0 aliphatic rings. The molecule has 0 radical (unpaired) electrons. The zero-order chi connectivity index (χ0) is 18.6. The number of hydrogen-bond acceptors (Lipinski definition) is 5. The Balaban J connectivity index is 2.19. The van der Waals surface area contributed by atoms with E-state index < -0.39 is 11.4 Å². The van der Waals surface area contributed by atoms with Crippen molar-refractivity contribution in [3.05, 3.63) is 48.0 Å². The van der Waals surface area contributed by atoms with Crippen LogP contribution in [0.1, 0.15) is 30.6 Å². The van der Waals surface area contributed by atoms with Gasteiger partial charge in [0.25, 0.3) is 0 Å². The molecule has 0 atom stereocenters. The summed E-state index contributed by atoms with van der Waals surface area (Å²) in [5, 5.41) is 0. The number of benzene rings is 2. The molecule has 5 heteroatoms.